The molecule has 2 nitrogen and oxygen atoms in total. The van der Waals surface area contributed by atoms with Crippen LogP contribution in [0.1, 0.15) is 58.8 Å². The van der Waals surface area contributed by atoms with E-state index in [0.717, 1.165) is 29.7 Å². The summed E-state index contributed by atoms with van der Waals surface area (Å²) in [4.78, 5) is 2.95. The molecular formula is C18H32N2. The van der Waals surface area contributed by atoms with Gasteiger partial charge in [-0.2, -0.15) is 0 Å². The minimum atomic E-state index is 0.631. The maximum absolute atomic E-state index is 3.77. The highest BCUT2D eigenvalue weighted by Crippen LogP contribution is 2.57. The predicted octanol–water partition coefficient (Wildman–Crippen LogP) is 3.28. The molecule has 5 rings (SSSR count). The van der Waals surface area contributed by atoms with Crippen molar-refractivity contribution < 1.29 is 0 Å². The van der Waals surface area contributed by atoms with Gasteiger partial charge in [0.2, 0.25) is 0 Å². The van der Waals surface area contributed by atoms with Gasteiger partial charge in [-0.1, -0.05) is 13.8 Å². The average molecular weight is 276 g/mol. The molecule has 1 saturated heterocycles. The first-order valence-corrected chi connectivity index (χ1v) is 9.11. The van der Waals surface area contributed by atoms with Crippen LogP contribution in [0.4, 0.5) is 0 Å². The molecule has 0 spiro atoms. The van der Waals surface area contributed by atoms with Crippen molar-refractivity contribution in [2.24, 2.45) is 23.7 Å². The molecule has 1 aliphatic heterocycles. The number of hydrogen-bond acceptors (Lipinski definition) is 2. The highest BCUT2D eigenvalue weighted by Gasteiger charge is 2.53. The predicted molar refractivity (Wildman–Crippen MR) is 83.7 cm³/mol. The summed E-state index contributed by atoms with van der Waals surface area (Å²) in [5.41, 5.74) is 0.631. The average Bonchev–Trinajstić information content (AvgIpc) is 2.36. The van der Waals surface area contributed by atoms with Crippen molar-refractivity contribution in [3.05, 3.63) is 0 Å². The van der Waals surface area contributed by atoms with Crippen LogP contribution in [-0.4, -0.2) is 36.1 Å². The summed E-state index contributed by atoms with van der Waals surface area (Å²) in [5.74, 6) is 4.07. The van der Waals surface area contributed by atoms with Crippen molar-refractivity contribution in [2.75, 3.05) is 19.6 Å². The second kappa shape index (κ2) is 4.98. The standard InChI is InChI=1S/C18H32N2/c1-13(2)5-17-12-20(4-3-19-17)18-9-14-6-15(10-18)8-16(7-14)11-18/h13-17,19H,3-12H2,1-2H3. The number of hydrogen-bond donors (Lipinski definition) is 1. The normalized spacial score (nSPS) is 48.1. The van der Waals surface area contributed by atoms with E-state index >= 15 is 0 Å². The molecule has 0 aromatic rings. The fourth-order valence-corrected chi connectivity index (χ4v) is 6.44. The van der Waals surface area contributed by atoms with Crippen molar-refractivity contribution in [1.82, 2.24) is 10.2 Å². The van der Waals surface area contributed by atoms with Gasteiger partial charge in [-0.3, -0.25) is 4.90 Å². The Kier molecular flexibility index (Phi) is 3.38. The van der Waals surface area contributed by atoms with Gasteiger partial charge in [-0.05, 0) is 68.6 Å². The van der Waals surface area contributed by atoms with Gasteiger partial charge in [0.15, 0.2) is 0 Å². The van der Waals surface area contributed by atoms with Gasteiger partial charge in [0, 0.05) is 31.2 Å². The monoisotopic (exact) mass is 276 g/mol. The maximum Gasteiger partial charge on any atom is 0.0218 e. The molecule has 4 bridgehead atoms. The minimum Gasteiger partial charge on any atom is -0.311 e. The van der Waals surface area contributed by atoms with Crippen molar-refractivity contribution in [3.8, 4) is 0 Å². The molecule has 4 saturated carbocycles. The van der Waals surface area contributed by atoms with Crippen molar-refractivity contribution in [1.29, 1.82) is 0 Å². The molecule has 114 valence electrons. The third kappa shape index (κ3) is 2.33. The summed E-state index contributed by atoms with van der Waals surface area (Å²) in [7, 11) is 0. The van der Waals surface area contributed by atoms with Crippen molar-refractivity contribution in [3.63, 3.8) is 0 Å². The Morgan fingerprint density at radius 2 is 1.65 bits per heavy atom. The van der Waals surface area contributed by atoms with E-state index in [1.807, 2.05) is 0 Å². The first-order chi connectivity index (χ1) is 9.63. The van der Waals surface area contributed by atoms with Crippen LogP contribution in [0.15, 0.2) is 0 Å². The van der Waals surface area contributed by atoms with Crippen LogP contribution < -0.4 is 5.32 Å². The first kappa shape index (κ1) is 13.6. The van der Waals surface area contributed by atoms with Crippen LogP contribution in [0.2, 0.25) is 0 Å². The SMILES string of the molecule is CC(C)CC1CN(C23CC4CC(CC(C4)C2)C3)CCN1. The topological polar surface area (TPSA) is 15.3 Å². The van der Waals surface area contributed by atoms with E-state index in [2.05, 4.69) is 24.1 Å². The molecule has 2 heteroatoms. The van der Waals surface area contributed by atoms with E-state index in [1.165, 1.54) is 45.3 Å². The molecule has 1 heterocycles. The van der Waals surface area contributed by atoms with Crippen molar-refractivity contribution >= 4 is 0 Å². The zero-order valence-electron chi connectivity index (χ0n) is 13.4. The number of piperazine rings is 1. The summed E-state index contributed by atoms with van der Waals surface area (Å²) in [6.45, 7) is 8.58. The van der Waals surface area contributed by atoms with Gasteiger partial charge >= 0.3 is 0 Å². The molecule has 5 aliphatic rings. The second-order valence-electron chi connectivity index (χ2n) is 8.87. The zero-order valence-corrected chi connectivity index (χ0v) is 13.4. The van der Waals surface area contributed by atoms with E-state index in [1.54, 1.807) is 19.3 Å². The van der Waals surface area contributed by atoms with E-state index in [0.29, 0.717) is 5.54 Å². The van der Waals surface area contributed by atoms with Gasteiger partial charge in [0.1, 0.15) is 0 Å². The fourth-order valence-electron chi connectivity index (χ4n) is 6.44. The van der Waals surface area contributed by atoms with E-state index in [9.17, 15) is 0 Å². The van der Waals surface area contributed by atoms with Crippen LogP contribution in [-0.2, 0) is 0 Å². The summed E-state index contributed by atoms with van der Waals surface area (Å²) >= 11 is 0. The first-order valence-electron chi connectivity index (χ1n) is 9.11. The van der Waals surface area contributed by atoms with Crippen LogP contribution in [0, 0.1) is 23.7 Å². The molecule has 0 amide bonds. The van der Waals surface area contributed by atoms with Crippen LogP contribution >= 0.6 is 0 Å². The van der Waals surface area contributed by atoms with E-state index in [4.69, 9.17) is 0 Å². The Morgan fingerprint density at radius 1 is 1.05 bits per heavy atom. The largest absolute Gasteiger partial charge is 0.311 e. The lowest BCUT2D eigenvalue weighted by Crippen LogP contribution is -2.65. The Morgan fingerprint density at radius 3 is 2.20 bits per heavy atom. The van der Waals surface area contributed by atoms with Crippen LogP contribution in [0.25, 0.3) is 0 Å². The van der Waals surface area contributed by atoms with E-state index in [-0.39, 0.29) is 0 Å². The second-order valence-corrected chi connectivity index (χ2v) is 8.87. The molecule has 0 radical (unpaired) electrons. The molecule has 0 aromatic heterocycles. The van der Waals surface area contributed by atoms with Gasteiger partial charge in [0.25, 0.3) is 0 Å². The Bertz CT molecular complexity index is 327. The maximum atomic E-state index is 3.77. The molecule has 4 aliphatic carbocycles. The van der Waals surface area contributed by atoms with Gasteiger partial charge in [-0.25, -0.2) is 0 Å². The molecule has 1 atom stereocenters. The highest BCUT2D eigenvalue weighted by atomic mass is 15.3. The molecule has 20 heavy (non-hydrogen) atoms. The summed E-state index contributed by atoms with van der Waals surface area (Å²) < 4.78 is 0. The zero-order chi connectivity index (χ0) is 13.7. The summed E-state index contributed by atoms with van der Waals surface area (Å²) in [6.07, 6.45) is 10.7. The lowest BCUT2D eigenvalue weighted by Gasteiger charge is -2.61. The number of rotatable bonds is 3. The Labute approximate surface area is 124 Å². The smallest absolute Gasteiger partial charge is 0.0218 e. The fraction of sp³-hybridized carbons (Fsp3) is 1.00. The quantitative estimate of drug-likeness (QED) is 0.851. The van der Waals surface area contributed by atoms with Crippen LogP contribution in [0.3, 0.4) is 0 Å². The summed E-state index contributed by atoms with van der Waals surface area (Å²) in [6, 6.07) is 0.747. The molecule has 1 unspecified atom stereocenters. The van der Waals surface area contributed by atoms with Crippen LogP contribution in [0.5, 0.6) is 0 Å². The van der Waals surface area contributed by atoms with Gasteiger partial charge in [0.05, 0.1) is 0 Å². The minimum absolute atomic E-state index is 0.631. The van der Waals surface area contributed by atoms with E-state index < -0.39 is 0 Å². The highest BCUT2D eigenvalue weighted by molar-refractivity contribution is 5.08. The third-order valence-corrected chi connectivity index (χ3v) is 6.69. The summed E-state index contributed by atoms with van der Waals surface area (Å²) in [5, 5.41) is 3.77. The lowest BCUT2D eigenvalue weighted by atomic mass is 9.52. The van der Waals surface area contributed by atoms with Gasteiger partial charge < -0.3 is 5.32 Å². The van der Waals surface area contributed by atoms with Crippen molar-refractivity contribution in [2.45, 2.75) is 70.4 Å². The molecule has 5 fully saturated rings. The molecular weight excluding hydrogens is 244 g/mol. The lowest BCUT2D eigenvalue weighted by molar-refractivity contribution is -0.0972. The van der Waals surface area contributed by atoms with Gasteiger partial charge in [-0.15, -0.1) is 0 Å². The molecule has 1 N–H and O–H groups in total. The number of nitrogens with one attached hydrogen (secondary N) is 1. The third-order valence-electron chi connectivity index (χ3n) is 6.69. The Hall–Kier alpha value is -0.0800. The molecule has 0 aromatic carbocycles. The Balaban J connectivity index is 1.49. The number of nitrogens with zero attached hydrogens (tertiary/aromatic N) is 1.